The Morgan fingerprint density at radius 2 is 1.02 bits per heavy atom. The van der Waals surface area contributed by atoms with Crippen molar-refractivity contribution in [2.75, 3.05) is 4.90 Å². The summed E-state index contributed by atoms with van der Waals surface area (Å²) in [6.45, 7) is 9.42. The van der Waals surface area contributed by atoms with Gasteiger partial charge in [0.25, 0.3) is 0 Å². The topological polar surface area (TPSA) is 29.3 Å². The quantitative estimate of drug-likeness (QED) is 0.187. The largest absolute Gasteiger partial charge is 0.435 e. The van der Waals surface area contributed by atoms with Crippen LogP contribution in [0.2, 0.25) is 0 Å². The minimum Gasteiger partial charge on any atom is -0.435 e. The maximum absolute atomic E-state index is 6.65. The lowest BCUT2D eigenvalue weighted by Gasteiger charge is -2.30. The van der Waals surface area contributed by atoms with Crippen LogP contribution in [0.5, 0.6) is 0 Å². The molecule has 0 atom stereocenters. The molecule has 7 aromatic carbocycles. The molecule has 0 spiro atoms. The Balaban J connectivity index is 1.14. The molecule has 0 saturated carbocycles. The van der Waals surface area contributed by atoms with Gasteiger partial charge in [0.15, 0.2) is 5.76 Å². The van der Waals surface area contributed by atoms with Gasteiger partial charge in [0.05, 0.1) is 0 Å². The maximum Gasteiger partial charge on any atom is 0.227 e. The van der Waals surface area contributed by atoms with Crippen LogP contribution in [0.15, 0.2) is 150 Å². The number of oxazole rings is 1. The fourth-order valence-corrected chi connectivity index (χ4v) is 9.42. The van der Waals surface area contributed by atoms with E-state index < -0.39 is 0 Å². The number of aromatic nitrogens is 1. The number of anilines is 3. The third kappa shape index (κ3) is 3.88. The van der Waals surface area contributed by atoms with Crippen molar-refractivity contribution in [3.05, 3.63) is 168 Å². The molecule has 0 N–H and O–H groups in total. The van der Waals surface area contributed by atoms with E-state index in [9.17, 15) is 0 Å². The standard InChI is InChI=1S/C49H36N2O/c1-48(2)40-19-10-8-16-34(40)36-23-21-31(27-42(36)48)51(32-22-24-37-35-17-9-11-20-41(35)49(3,4)43(37)28-32)33-25-30-15-12-18-38-44(30)39(26-33)46-45(38)50-47(52-46)29-13-6-5-7-14-29/h5-28H,1-4H3. The highest BCUT2D eigenvalue weighted by molar-refractivity contribution is 6.15. The molecule has 8 aromatic rings. The summed E-state index contributed by atoms with van der Waals surface area (Å²) in [6, 6.07) is 53.3. The van der Waals surface area contributed by atoms with Crippen molar-refractivity contribution in [3.8, 4) is 56.3 Å². The minimum atomic E-state index is -0.121. The van der Waals surface area contributed by atoms with Crippen molar-refractivity contribution >= 4 is 27.8 Å². The zero-order valence-corrected chi connectivity index (χ0v) is 29.7. The van der Waals surface area contributed by atoms with Crippen LogP contribution >= 0.6 is 0 Å². The second-order valence-electron chi connectivity index (χ2n) is 15.6. The van der Waals surface area contributed by atoms with Crippen molar-refractivity contribution in [3.63, 3.8) is 0 Å². The molecule has 1 heterocycles. The number of rotatable bonds is 4. The van der Waals surface area contributed by atoms with E-state index in [1.54, 1.807) is 0 Å². The van der Waals surface area contributed by atoms with Gasteiger partial charge in [0.1, 0.15) is 5.69 Å². The molecular formula is C49H36N2O. The Kier molecular flexibility index (Phi) is 5.79. The first-order chi connectivity index (χ1) is 25.3. The van der Waals surface area contributed by atoms with E-state index in [1.807, 2.05) is 18.2 Å². The number of nitrogens with zero attached hydrogens (tertiary/aromatic N) is 2. The van der Waals surface area contributed by atoms with Gasteiger partial charge in [-0.3, -0.25) is 0 Å². The molecule has 3 aliphatic carbocycles. The molecule has 0 bridgehead atoms. The lowest BCUT2D eigenvalue weighted by molar-refractivity contribution is 0.590. The predicted octanol–water partition coefficient (Wildman–Crippen LogP) is 13.2. The number of benzene rings is 7. The fraction of sp³-hybridized carbons (Fsp3) is 0.122. The molecular weight excluding hydrogens is 633 g/mol. The van der Waals surface area contributed by atoms with Gasteiger partial charge in [0.2, 0.25) is 5.89 Å². The third-order valence-electron chi connectivity index (χ3n) is 12.0. The van der Waals surface area contributed by atoms with Gasteiger partial charge in [0, 0.05) is 50.0 Å². The molecule has 248 valence electrons. The molecule has 52 heavy (non-hydrogen) atoms. The van der Waals surface area contributed by atoms with Gasteiger partial charge in [-0.25, -0.2) is 4.98 Å². The highest BCUT2D eigenvalue weighted by Gasteiger charge is 2.38. The fourth-order valence-electron chi connectivity index (χ4n) is 9.42. The summed E-state index contributed by atoms with van der Waals surface area (Å²) in [5.41, 5.74) is 18.0. The Hall–Kier alpha value is -6.19. The second-order valence-corrected chi connectivity index (χ2v) is 15.6. The summed E-state index contributed by atoms with van der Waals surface area (Å²) in [5.74, 6) is 1.49. The van der Waals surface area contributed by atoms with Crippen LogP contribution in [0.4, 0.5) is 17.1 Å². The van der Waals surface area contributed by atoms with E-state index in [4.69, 9.17) is 9.40 Å². The van der Waals surface area contributed by atoms with Crippen LogP contribution in [-0.2, 0) is 10.8 Å². The number of hydrogen-bond acceptors (Lipinski definition) is 3. The van der Waals surface area contributed by atoms with Crippen molar-refractivity contribution < 1.29 is 4.42 Å². The summed E-state index contributed by atoms with van der Waals surface area (Å²) < 4.78 is 6.65. The second kappa shape index (κ2) is 10.2. The molecule has 3 nitrogen and oxygen atoms in total. The first kappa shape index (κ1) is 29.5. The molecule has 0 unspecified atom stereocenters. The third-order valence-corrected chi connectivity index (χ3v) is 12.0. The average Bonchev–Trinajstić information content (AvgIpc) is 3.86. The number of fused-ring (bicyclic) bond motifs is 9. The van der Waals surface area contributed by atoms with Crippen LogP contribution in [0, 0.1) is 0 Å². The molecule has 0 saturated heterocycles. The Labute approximate surface area is 303 Å². The van der Waals surface area contributed by atoms with Crippen molar-refractivity contribution in [1.82, 2.24) is 4.98 Å². The van der Waals surface area contributed by atoms with Crippen LogP contribution in [0.1, 0.15) is 49.9 Å². The van der Waals surface area contributed by atoms with Gasteiger partial charge in [-0.05, 0) is 98.4 Å². The van der Waals surface area contributed by atoms with Crippen molar-refractivity contribution in [2.24, 2.45) is 0 Å². The van der Waals surface area contributed by atoms with E-state index in [1.165, 1.54) is 55.3 Å². The summed E-state index contributed by atoms with van der Waals surface area (Å²) in [7, 11) is 0. The van der Waals surface area contributed by atoms with Gasteiger partial charge in [-0.2, -0.15) is 0 Å². The summed E-state index contributed by atoms with van der Waals surface area (Å²) >= 11 is 0. The molecule has 0 fully saturated rings. The lowest BCUT2D eigenvalue weighted by Crippen LogP contribution is -2.18. The molecule has 3 aliphatic rings. The molecule has 1 aromatic heterocycles. The van der Waals surface area contributed by atoms with Crippen LogP contribution in [0.25, 0.3) is 67.1 Å². The highest BCUT2D eigenvalue weighted by atomic mass is 16.4. The first-order valence-electron chi connectivity index (χ1n) is 18.2. The SMILES string of the molecule is CC1(C)c2ccccc2-c2ccc(N(c3ccc4c(c3)C(C)(C)c3ccccc3-4)c3cc4c5c(cccc5c3)-c3nc(-c5ccccc5)oc3-4)cc21. The Morgan fingerprint density at radius 3 is 1.65 bits per heavy atom. The molecule has 0 amide bonds. The molecule has 0 radical (unpaired) electrons. The summed E-state index contributed by atoms with van der Waals surface area (Å²) in [6.07, 6.45) is 0. The monoisotopic (exact) mass is 668 g/mol. The smallest absolute Gasteiger partial charge is 0.227 e. The Morgan fingerprint density at radius 1 is 0.462 bits per heavy atom. The average molecular weight is 669 g/mol. The van der Waals surface area contributed by atoms with Crippen LogP contribution < -0.4 is 4.90 Å². The zero-order valence-electron chi connectivity index (χ0n) is 29.7. The van der Waals surface area contributed by atoms with Gasteiger partial charge < -0.3 is 9.32 Å². The molecule has 11 rings (SSSR count). The summed E-state index contributed by atoms with van der Waals surface area (Å²) in [4.78, 5) is 7.51. The predicted molar refractivity (Wildman–Crippen MR) is 214 cm³/mol. The first-order valence-corrected chi connectivity index (χ1v) is 18.2. The minimum absolute atomic E-state index is 0.121. The van der Waals surface area contributed by atoms with Gasteiger partial charge in [-0.15, -0.1) is 0 Å². The highest BCUT2D eigenvalue weighted by Crippen LogP contribution is 2.55. The van der Waals surface area contributed by atoms with Crippen molar-refractivity contribution in [1.29, 1.82) is 0 Å². The molecule has 3 heteroatoms. The summed E-state index contributed by atoms with van der Waals surface area (Å²) in [5, 5.41) is 2.37. The number of hydrogen-bond donors (Lipinski definition) is 0. The van der Waals surface area contributed by atoms with E-state index in [-0.39, 0.29) is 10.8 Å². The van der Waals surface area contributed by atoms with Gasteiger partial charge >= 0.3 is 0 Å². The van der Waals surface area contributed by atoms with Crippen LogP contribution in [-0.4, -0.2) is 4.98 Å². The van der Waals surface area contributed by atoms with Crippen molar-refractivity contribution in [2.45, 2.75) is 38.5 Å². The van der Waals surface area contributed by atoms with E-state index in [2.05, 4.69) is 160 Å². The van der Waals surface area contributed by atoms with E-state index in [0.29, 0.717) is 5.89 Å². The van der Waals surface area contributed by atoms with E-state index >= 15 is 0 Å². The maximum atomic E-state index is 6.65. The normalized spacial score (nSPS) is 14.8. The van der Waals surface area contributed by atoms with Crippen LogP contribution in [0.3, 0.4) is 0 Å². The zero-order chi connectivity index (χ0) is 34.9. The van der Waals surface area contributed by atoms with Gasteiger partial charge in [-0.1, -0.05) is 125 Å². The lowest BCUT2D eigenvalue weighted by atomic mass is 9.82. The molecule has 0 aliphatic heterocycles. The van der Waals surface area contributed by atoms with E-state index in [0.717, 1.165) is 45.2 Å². The Bertz CT molecular complexity index is 2700.